The molecule has 0 saturated heterocycles. The Morgan fingerprint density at radius 1 is 1.00 bits per heavy atom. The second kappa shape index (κ2) is 9.02. The van der Waals surface area contributed by atoms with E-state index in [1.165, 1.54) is 0 Å². The first kappa shape index (κ1) is 9.60. The maximum absolute atomic E-state index is 9.40. The van der Waals surface area contributed by atoms with Crippen molar-refractivity contribution in [1.29, 1.82) is 0 Å². The van der Waals surface area contributed by atoms with Crippen LogP contribution in [0, 0.1) is 7.43 Å². The molecule has 0 fully saturated rings. The Bertz CT molecular complexity index is 42.0. The van der Waals surface area contributed by atoms with Crippen LogP contribution in [0.5, 0.6) is 0 Å². The van der Waals surface area contributed by atoms with Gasteiger partial charge >= 0.3 is 0 Å². The summed E-state index contributed by atoms with van der Waals surface area (Å²) in [4.78, 5) is 18.8. The molecule has 0 aromatic carbocycles. The van der Waals surface area contributed by atoms with Crippen LogP contribution >= 0.6 is 0 Å². The third kappa shape index (κ3) is 10.9. The summed E-state index contributed by atoms with van der Waals surface area (Å²) in [6, 6.07) is 0. The summed E-state index contributed by atoms with van der Waals surface area (Å²) < 4.78 is 0. The molecule has 0 atom stereocenters. The van der Waals surface area contributed by atoms with Gasteiger partial charge in [-0.2, -0.15) is 0 Å². The maximum Gasteiger partial charge on any atom is 0.120 e. The van der Waals surface area contributed by atoms with Gasteiger partial charge in [-0.25, -0.2) is 0 Å². The highest BCUT2D eigenvalue weighted by Gasteiger charge is 1.74. The predicted molar refractivity (Wildman–Crippen MR) is 24.6 cm³/mol. The van der Waals surface area contributed by atoms with Crippen LogP contribution in [0.3, 0.4) is 0 Å². The first-order valence-corrected chi connectivity index (χ1v) is 1.79. The molecule has 0 aromatic heterocycles. The normalized spacial score (nSPS) is 6.29. The van der Waals surface area contributed by atoms with Crippen molar-refractivity contribution in [3.63, 3.8) is 0 Å². The number of aldehydes is 2. The maximum atomic E-state index is 9.40. The van der Waals surface area contributed by atoms with Gasteiger partial charge in [0.2, 0.25) is 0 Å². The van der Waals surface area contributed by atoms with Gasteiger partial charge in [0.15, 0.2) is 0 Å². The van der Waals surface area contributed by atoms with Crippen LogP contribution in [-0.2, 0) is 9.59 Å². The fraction of sp³-hybridized carbons (Fsp3) is 0.400. The molecule has 2 heteroatoms. The van der Waals surface area contributed by atoms with E-state index in [1.54, 1.807) is 0 Å². The highest BCUT2D eigenvalue weighted by atomic mass is 16.1. The van der Waals surface area contributed by atoms with E-state index >= 15 is 0 Å². The van der Waals surface area contributed by atoms with E-state index in [0.717, 1.165) is 12.6 Å². The quantitative estimate of drug-likeness (QED) is 0.374. The summed E-state index contributed by atoms with van der Waals surface area (Å²) in [5.41, 5.74) is 0. The minimum atomic E-state index is 0. The van der Waals surface area contributed by atoms with E-state index in [9.17, 15) is 9.59 Å². The van der Waals surface area contributed by atoms with Gasteiger partial charge in [0, 0.05) is 20.3 Å². The molecule has 0 aliphatic rings. The van der Waals surface area contributed by atoms with Gasteiger partial charge < -0.3 is 9.59 Å². The molecule has 0 heterocycles. The Hall–Kier alpha value is -0.660. The molecule has 38 valence electrons. The Morgan fingerprint density at radius 2 is 1.29 bits per heavy atom. The summed E-state index contributed by atoms with van der Waals surface area (Å²) in [5.74, 6) is 0. The lowest BCUT2D eigenvalue weighted by molar-refractivity contribution is -0.112. The predicted octanol–water partition coefficient (Wildman–Crippen LogP) is 0.246. The van der Waals surface area contributed by atoms with Crippen molar-refractivity contribution in [1.82, 2.24) is 0 Å². The highest BCUT2D eigenvalue weighted by Crippen LogP contribution is 1.72. The van der Waals surface area contributed by atoms with Crippen molar-refractivity contribution in [2.24, 2.45) is 0 Å². The zero-order chi connectivity index (χ0) is 4.83. The summed E-state index contributed by atoms with van der Waals surface area (Å²) in [6.45, 7) is 0. The van der Waals surface area contributed by atoms with Gasteiger partial charge in [-0.1, -0.05) is 0 Å². The summed E-state index contributed by atoms with van der Waals surface area (Å²) in [6.07, 6.45) is 2.19. The summed E-state index contributed by atoms with van der Waals surface area (Å²) in [5, 5.41) is 0. The fourth-order valence-corrected chi connectivity index (χ4v) is 0.136. The van der Waals surface area contributed by atoms with Gasteiger partial charge in [0.25, 0.3) is 0 Å². The smallest absolute Gasteiger partial charge is 0.120 e. The van der Waals surface area contributed by atoms with Gasteiger partial charge in [-0.3, -0.25) is 0 Å². The molecule has 0 spiro atoms. The molecule has 2 nitrogen and oxygen atoms in total. The van der Waals surface area contributed by atoms with E-state index in [0.29, 0.717) is 12.8 Å². The lowest BCUT2D eigenvalue weighted by Gasteiger charge is -1.68. The number of rotatable bonds is 3. The molecule has 0 saturated carbocycles. The van der Waals surface area contributed by atoms with E-state index < -0.39 is 0 Å². The molecule has 0 aliphatic carbocycles. The Kier molecular flexibility index (Phi) is 12.4. The van der Waals surface area contributed by atoms with Gasteiger partial charge in [0.1, 0.15) is 12.6 Å². The van der Waals surface area contributed by atoms with Crippen LogP contribution in [0.2, 0.25) is 0 Å². The average Bonchev–Trinajstić information content (AvgIpc) is 1.61. The van der Waals surface area contributed by atoms with Crippen molar-refractivity contribution in [2.75, 3.05) is 0 Å². The molecule has 7 heavy (non-hydrogen) atoms. The molecule has 0 bridgehead atoms. The third-order valence-electron chi connectivity index (χ3n) is 0.402. The topological polar surface area (TPSA) is 34.1 Å². The molecule has 0 unspecified atom stereocenters. The van der Waals surface area contributed by atoms with Crippen molar-refractivity contribution in [2.45, 2.75) is 12.8 Å². The molecular formula is C5H6O2. The second-order valence-electron chi connectivity index (χ2n) is 0.911. The standard InChI is InChI=1S/C4H6O2.C/c5-3-1-2-4-6;/h3-4H,1-2H2;. The zero-order valence-electron chi connectivity index (χ0n) is 3.89. The third-order valence-corrected chi connectivity index (χ3v) is 0.402. The largest absolute Gasteiger partial charge is 0.303 e. The number of carbonyl (C=O) groups is 2. The molecule has 0 rings (SSSR count). The van der Waals surface area contributed by atoms with Crippen molar-refractivity contribution in [3.05, 3.63) is 7.43 Å². The van der Waals surface area contributed by atoms with E-state index in [1.807, 2.05) is 0 Å². The monoisotopic (exact) mass is 98.0 g/mol. The molecule has 4 radical (unpaired) electrons. The van der Waals surface area contributed by atoms with Crippen molar-refractivity contribution < 1.29 is 9.59 Å². The Labute approximate surface area is 43.5 Å². The van der Waals surface area contributed by atoms with Gasteiger partial charge in [-0.05, 0) is 0 Å². The minimum absolute atomic E-state index is 0. The molecular weight excluding hydrogens is 92.1 g/mol. The van der Waals surface area contributed by atoms with E-state index in [-0.39, 0.29) is 7.43 Å². The van der Waals surface area contributed by atoms with E-state index in [2.05, 4.69) is 0 Å². The van der Waals surface area contributed by atoms with Crippen LogP contribution < -0.4 is 0 Å². The summed E-state index contributed by atoms with van der Waals surface area (Å²) in [7, 11) is 0. The number of carbonyl (C=O) groups excluding carboxylic acids is 2. The van der Waals surface area contributed by atoms with Crippen molar-refractivity contribution >= 4 is 12.6 Å². The van der Waals surface area contributed by atoms with Crippen molar-refractivity contribution in [3.8, 4) is 0 Å². The van der Waals surface area contributed by atoms with Gasteiger partial charge in [-0.15, -0.1) is 0 Å². The van der Waals surface area contributed by atoms with Crippen LogP contribution in [0.4, 0.5) is 0 Å². The number of hydrogen-bond acceptors (Lipinski definition) is 2. The van der Waals surface area contributed by atoms with Crippen LogP contribution in [-0.4, -0.2) is 12.6 Å². The highest BCUT2D eigenvalue weighted by molar-refractivity contribution is 5.58. The summed E-state index contributed by atoms with van der Waals surface area (Å²) >= 11 is 0. The van der Waals surface area contributed by atoms with Crippen LogP contribution in [0.25, 0.3) is 0 Å². The number of unbranched alkanes of at least 4 members (excludes halogenated alkanes) is 1. The van der Waals surface area contributed by atoms with Crippen LogP contribution in [0.15, 0.2) is 0 Å². The second-order valence-corrected chi connectivity index (χ2v) is 0.911. The van der Waals surface area contributed by atoms with E-state index in [4.69, 9.17) is 0 Å². The molecule has 0 aliphatic heterocycles. The number of hydrogen-bond donors (Lipinski definition) is 0. The minimum Gasteiger partial charge on any atom is -0.303 e. The average molecular weight is 98.1 g/mol. The lowest BCUT2D eigenvalue weighted by atomic mass is 10.4. The molecule has 0 aromatic rings. The molecule has 0 N–H and O–H groups in total. The first-order valence-electron chi connectivity index (χ1n) is 1.79. The Morgan fingerprint density at radius 3 is 1.43 bits per heavy atom. The SMILES string of the molecule is O=CCCC=O.[C]. The van der Waals surface area contributed by atoms with Gasteiger partial charge in [0.05, 0.1) is 0 Å². The first-order chi connectivity index (χ1) is 2.91. The molecule has 0 amide bonds. The van der Waals surface area contributed by atoms with Crippen LogP contribution in [0.1, 0.15) is 12.8 Å². The zero-order valence-corrected chi connectivity index (χ0v) is 3.89. The Balaban J connectivity index is 0. The lowest BCUT2D eigenvalue weighted by Crippen LogP contribution is -1.73. The fourth-order valence-electron chi connectivity index (χ4n) is 0.136.